The molecule has 1 saturated heterocycles. The number of hydrogen-bond acceptors (Lipinski definition) is 6. The van der Waals surface area contributed by atoms with Crippen molar-refractivity contribution in [1.82, 2.24) is 25.0 Å². The maximum atomic E-state index is 12.3. The highest BCUT2D eigenvalue weighted by Gasteiger charge is 2.22. The van der Waals surface area contributed by atoms with Gasteiger partial charge in [0.25, 0.3) is 5.91 Å². The molecule has 1 amide bonds. The van der Waals surface area contributed by atoms with E-state index >= 15 is 0 Å². The van der Waals surface area contributed by atoms with Gasteiger partial charge in [-0.25, -0.2) is 0 Å². The van der Waals surface area contributed by atoms with E-state index in [4.69, 9.17) is 5.73 Å². The minimum absolute atomic E-state index is 0.104. The molecule has 7 nitrogen and oxygen atoms in total. The summed E-state index contributed by atoms with van der Waals surface area (Å²) in [5.74, 6) is 0.198. The maximum Gasteiger partial charge on any atom is 0.291 e. The van der Waals surface area contributed by atoms with Crippen molar-refractivity contribution in [2.24, 2.45) is 0 Å². The number of amides is 1. The number of anilines is 1. The van der Waals surface area contributed by atoms with Gasteiger partial charge in [0, 0.05) is 37.6 Å². The Balaban J connectivity index is 1.59. The van der Waals surface area contributed by atoms with Crippen LogP contribution < -0.4 is 5.73 Å². The second kappa shape index (κ2) is 6.23. The molecule has 0 bridgehead atoms. The fraction of sp³-hybridized carbons (Fsp3) is 0.462. The lowest BCUT2D eigenvalue weighted by atomic mass is 10.3. The number of carbonyl (C=O) groups excluding carboxylic acids is 1. The summed E-state index contributed by atoms with van der Waals surface area (Å²) in [5.41, 5.74) is 5.44. The minimum Gasteiger partial charge on any atom is -0.366 e. The number of nitrogens with zero attached hydrogens (tertiary/aromatic N) is 4. The van der Waals surface area contributed by atoms with Gasteiger partial charge in [-0.05, 0) is 17.9 Å². The summed E-state index contributed by atoms with van der Waals surface area (Å²) < 4.78 is 0. The first-order chi connectivity index (χ1) is 10.2. The second-order valence-corrected chi connectivity index (χ2v) is 6.08. The minimum atomic E-state index is -0.128. The first kappa shape index (κ1) is 14.0. The molecule has 1 fully saturated rings. The zero-order chi connectivity index (χ0) is 14.7. The van der Waals surface area contributed by atoms with Crippen LogP contribution in [0.5, 0.6) is 0 Å². The Labute approximate surface area is 126 Å². The van der Waals surface area contributed by atoms with E-state index in [0.29, 0.717) is 6.54 Å². The first-order valence-electron chi connectivity index (χ1n) is 6.94. The number of rotatable bonds is 3. The van der Waals surface area contributed by atoms with E-state index in [1.807, 2.05) is 4.90 Å². The molecule has 21 heavy (non-hydrogen) atoms. The lowest BCUT2D eigenvalue weighted by molar-refractivity contribution is 0.0749. The number of carbonyl (C=O) groups is 1. The van der Waals surface area contributed by atoms with E-state index in [1.165, 1.54) is 4.88 Å². The van der Waals surface area contributed by atoms with Crippen LogP contribution in [0.15, 0.2) is 17.5 Å². The fourth-order valence-corrected chi connectivity index (χ4v) is 3.22. The van der Waals surface area contributed by atoms with E-state index < -0.39 is 0 Å². The van der Waals surface area contributed by atoms with Gasteiger partial charge in [0.2, 0.25) is 11.8 Å². The molecule has 3 heterocycles. The van der Waals surface area contributed by atoms with E-state index in [9.17, 15) is 4.79 Å². The van der Waals surface area contributed by atoms with E-state index in [0.717, 1.165) is 32.6 Å². The Kier molecular flexibility index (Phi) is 4.16. The highest BCUT2D eigenvalue weighted by Crippen LogP contribution is 2.14. The van der Waals surface area contributed by atoms with Crippen LogP contribution in [0.25, 0.3) is 0 Å². The molecule has 0 radical (unpaired) electrons. The summed E-state index contributed by atoms with van der Waals surface area (Å²) in [6.45, 7) is 4.26. The Morgan fingerprint density at radius 2 is 2.29 bits per heavy atom. The van der Waals surface area contributed by atoms with Crippen molar-refractivity contribution in [2.45, 2.75) is 13.0 Å². The average molecular weight is 306 g/mol. The van der Waals surface area contributed by atoms with Crippen LogP contribution in [0.2, 0.25) is 0 Å². The van der Waals surface area contributed by atoms with Crippen molar-refractivity contribution in [3.63, 3.8) is 0 Å². The highest BCUT2D eigenvalue weighted by molar-refractivity contribution is 7.09. The number of nitrogens with one attached hydrogen (secondary N) is 1. The number of nitrogen functional groups attached to an aromatic ring is 1. The number of hydrogen-bond donors (Lipinski definition) is 2. The number of nitrogens with two attached hydrogens (primary N) is 1. The summed E-state index contributed by atoms with van der Waals surface area (Å²) in [7, 11) is 0. The molecule has 0 atom stereocenters. The van der Waals surface area contributed by atoms with E-state index in [1.54, 1.807) is 11.3 Å². The van der Waals surface area contributed by atoms with Crippen LogP contribution in [0.1, 0.15) is 21.9 Å². The van der Waals surface area contributed by atoms with Gasteiger partial charge in [0.15, 0.2) is 0 Å². The molecule has 0 aromatic carbocycles. The van der Waals surface area contributed by atoms with Crippen LogP contribution in [0, 0.1) is 0 Å². The van der Waals surface area contributed by atoms with Crippen molar-refractivity contribution < 1.29 is 4.79 Å². The summed E-state index contributed by atoms with van der Waals surface area (Å²) in [5, 5.41) is 8.38. The van der Waals surface area contributed by atoms with Gasteiger partial charge in [0.05, 0.1) is 0 Å². The van der Waals surface area contributed by atoms with Gasteiger partial charge in [-0.1, -0.05) is 6.07 Å². The fourth-order valence-electron chi connectivity index (χ4n) is 2.48. The van der Waals surface area contributed by atoms with Gasteiger partial charge in [-0.3, -0.25) is 14.8 Å². The normalized spacial score (nSPS) is 16.9. The zero-order valence-corrected chi connectivity index (χ0v) is 12.5. The third-order valence-corrected chi connectivity index (χ3v) is 4.40. The molecular weight excluding hydrogens is 288 g/mol. The SMILES string of the molecule is Nc1n[nH]c(C(=O)N2CCCN(Cc3cccs3)CC2)n1. The first-order valence-corrected chi connectivity index (χ1v) is 7.82. The Hall–Kier alpha value is -1.93. The molecule has 0 saturated carbocycles. The van der Waals surface area contributed by atoms with Crippen LogP contribution in [0.4, 0.5) is 5.95 Å². The summed E-state index contributed by atoms with van der Waals surface area (Å²) >= 11 is 1.77. The van der Waals surface area contributed by atoms with Crippen molar-refractivity contribution in [3.8, 4) is 0 Å². The zero-order valence-electron chi connectivity index (χ0n) is 11.7. The average Bonchev–Trinajstić information content (AvgIpc) is 3.07. The quantitative estimate of drug-likeness (QED) is 0.875. The Morgan fingerprint density at radius 1 is 1.38 bits per heavy atom. The highest BCUT2D eigenvalue weighted by atomic mass is 32.1. The molecular formula is C13H18N6OS. The van der Waals surface area contributed by atoms with E-state index in [-0.39, 0.29) is 17.7 Å². The van der Waals surface area contributed by atoms with Gasteiger partial charge in [0.1, 0.15) is 0 Å². The van der Waals surface area contributed by atoms with Crippen molar-refractivity contribution in [3.05, 3.63) is 28.2 Å². The molecule has 1 aliphatic heterocycles. The number of thiophene rings is 1. The number of H-pyrrole nitrogens is 1. The molecule has 0 unspecified atom stereocenters. The van der Waals surface area contributed by atoms with Crippen LogP contribution >= 0.6 is 11.3 Å². The summed E-state index contributed by atoms with van der Waals surface area (Å²) in [6, 6.07) is 4.22. The molecule has 2 aromatic heterocycles. The van der Waals surface area contributed by atoms with E-state index in [2.05, 4.69) is 37.6 Å². The van der Waals surface area contributed by atoms with Crippen molar-refractivity contribution >= 4 is 23.2 Å². The molecule has 0 aliphatic carbocycles. The Morgan fingerprint density at radius 3 is 3.00 bits per heavy atom. The van der Waals surface area contributed by atoms with Crippen LogP contribution in [0.3, 0.4) is 0 Å². The largest absolute Gasteiger partial charge is 0.366 e. The van der Waals surface area contributed by atoms with Gasteiger partial charge in [-0.15, -0.1) is 16.4 Å². The molecule has 2 aromatic rings. The van der Waals surface area contributed by atoms with Gasteiger partial charge < -0.3 is 10.6 Å². The van der Waals surface area contributed by atoms with Gasteiger partial charge in [-0.2, -0.15) is 4.98 Å². The molecule has 1 aliphatic rings. The lowest BCUT2D eigenvalue weighted by Gasteiger charge is -2.20. The monoisotopic (exact) mass is 306 g/mol. The molecule has 3 rings (SSSR count). The smallest absolute Gasteiger partial charge is 0.291 e. The lowest BCUT2D eigenvalue weighted by Crippen LogP contribution is -2.35. The van der Waals surface area contributed by atoms with Crippen LogP contribution in [-0.4, -0.2) is 57.1 Å². The standard InChI is InChI=1S/C13H18N6OS/c14-13-15-11(16-17-13)12(20)19-5-2-4-18(6-7-19)9-10-3-1-8-21-10/h1,3,8H,2,4-7,9H2,(H3,14,15,16,17). The second-order valence-electron chi connectivity index (χ2n) is 5.04. The number of aromatic amines is 1. The number of aromatic nitrogens is 3. The third-order valence-electron chi connectivity index (χ3n) is 3.54. The van der Waals surface area contributed by atoms with Gasteiger partial charge >= 0.3 is 0 Å². The molecule has 3 N–H and O–H groups in total. The predicted molar refractivity (Wildman–Crippen MR) is 80.9 cm³/mol. The van der Waals surface area contributed by atoms with Crippen LogP contribution in [-0.2, 0) is 6.54 Å². The third kappa shape index (κ3) is 3.40. The Bertz CT molecular complexity index is 596. The molecule has 112 valence electrons. The summed E-state index contributed by atoms with van der Waals surface area (Å²) in [6.07, 6.45) is 0.959. The maximum absolute atomic E-state index is 12.3. The topological polar surface area (TPSA) is 91.1 Å². The predicted octanol–water partition coefficient (Wildman–Crippen LogP) is 0.796. The molecule has 8 heteroatoms. The van der Waals surface area contributed by atoms with Crippen molar-refractivity contribution in [1.29, 1.82) is 0 Å². The molecule has 0 spiro atoms. The van der Waals surface area contributed by atoms with Crippen molar-refractivity contribution in [2.75, 3.05) is 31.9 Å². The summed E-state index contributed by atoms with van der Waals surface area (Å²) in [4.78, 5) is 21.8.